The number of aromatic amines is 1. The number of hydrogen-bond acceptors (Lipinski definition) is 4. The molecular formula is C20H17ClN2O2S. The second-order valence-electron chi connectivity index (χ2n) is 6.26. The lowest BCUT2D eigenvalue weighted by Gasteiger charge is -2.14. The number of H-pyrrole nitrogens is 1. The molecule has 2 aromatic carbocycles. The van der Waals surface area contributed by atoms with E-state index in [-0.39, 0.29) is 17.4 Å². The normalized spacial score (nSPS) is 12.7. The third-order valence-electron chi connectivity index (χ3n) is 4.71. The summed E-state index contributed by atoms with van der Waals surface area (Å²) < 4.78 is 0.616. The Hall–Kier alpha value is -2.34. The summed E-state index contributed by atoms with van der Waals surface area (Å²) in [6.07, 6.45) is 0.852. The Morgan fingerprint density at radius 2 is 2.00 bits per heavy atom. The number of aromatic nitrogens is 1. The van der Waals surface area contributed by atoms with Gasteiger partial charge in [0.2, 0.25) is 0 Å². The van der Waals surface area contributed by atoms with Crippen molar-refractivity contribution >= 4 is 43.9 Å². The van der Waals surface area contributed by atoms with E-state index in [4.69, 9.17) is 17.3 Å². The molecule has 26 heavy (non-hydrogen) atoms. The second kappa shape index (κ2) is 6.43. The van der Waals surface area contributed by atoms with Crippen LogP contribution < -0.4 is 11.3 Å². The monoisotopic (exact) mass is 384 g/mol. The number of phenols is 1. The Morgan fingerprint density at radius 1 is 1.27 bits per heavy atom. The number of rotatable bonds is 3. The average molecular weight is 385 g/mol. The Bertz CT molecular complexity index is 1180. The molecule has 0 fully saturated rings. The van der Waals surface area contributed by atoms with E-state index in [0.717, 1.165) is 28.3 Å². The van der Waals surface area contributed by atoms with Crippen molar-refractivity contribution < 1.29 is 5.11 Å². The summed E-state index contributed by atoms with van der Waals surface area (Å²) in [5, 5.41) is 14.4. The molecule has 4 nitrogen and oxygen atoms in total. The maximum atomic E-state index is 12.3. The number of phenolic OH excluding ortho intramolecular Hbond substituents is 1. The molecule has 0 spiro atoms. The van der Waals surface area contributed by atoms with Gasteiger partial charge in [0, 0.05) is 28.4 Å². The van der Waals surface area contributed by atoms with Gasteiger partial charge in [-0.15, -0.1) is 11.3 Å². The van der Waals surface area contributed by atoms with Gasteiger partial charge < -0.3 is 15.8 Å². The maximum absolute atomic E-state index is 12.3. The number of nitrogens with two attached hydrogens (primary N) is 1. The van der Waals surface area contributed by atoms with Gasteiger partial charge in [0.05, 0.1) is 10.5 Å². The molecule has 0 bridgehead atoms. The van der Waals surface area contributed by atoms with Crippen molar-refractivity contribution in [2.24, 2.45) is 5.73 Å². The molecule has 6 heteroatoms. The fourth-order valence-electron chi connectivity index (χ4n) is 3.31. The number of thiophene rings is 1. The molecule has 0 amide bonds. The molecule has 0 aliphatic carbocycles. The number of benzene rings is 2. The zero-order valence-electron chi connectivity index (χ0n) is 14.0. The van der Waals surface area contributed by atoms with Crippen LogP contribution in [0.3, 0.4) is 0 Å². The first-order chi connectivity index (χ1) is 12.5. The lowest BCUT2D eigenvalue weighted by atomic mass is 9.95. The first-order valence-corrected chi connectivity index (χ1v) is 9.57. The summed E-state index contributed by atoms with van der Waals surface area (Å²) in [4.78, 5) is 15.2. The number of fused-ring (bicyclic) bond motifs is 3. The van der Waals surface area contributed by atoms with Crippen LogP contribution in [0.4, 0.5) is 0 Å². The highest BCUT2D eigenvalue weighted by molar-refractivity contribution is 7.17. The van der Waals surface area contributed by atoms with Crippen molar-refractivity contribution in [2.75, 3.05) is 0 Å². The lowest BCUT2D eigenvalue weighted by molar-refractivity contribution is 0.478. The molecular weight excluding hydrogens is 368 g/mol. The molecule has 2 heterocycles. The molecule has 2 aromatic heterocycles. The molecule has 0 aliphatic heterocycles. The zero-order chi connectivity index (χ0) is 18.4. The van der Waals surface area contributed by atoms with Gasteiger partial charge in [0.25, 0.3) is 5.56 Å². The van der Waals surface area contributed by atoms with E-state index in [1.165, 1.54) is 17.4 Å². The van der Waals surface area contributed by atoms with Crippen LogP contribution in [0.15, 0.2) is 46.6 Å². The van der Waals surface area contributed by atoms with Gasteiger partial charge in [-0.2, -0.15) is 0 Å². The van der Waals surface area contributed by atoms with E-state index in [9.17, 15) is 9.90 Å². The summed E-state index contributed by atoms with van der Waals surface area (Å²) >= 11 is 7.67. The Kier molecular flexibility index (Phi) is 4.23. The molecule has 4 aromatic rings. The van der Waals surface area contributed by atoms with E-state index in [1.807, 2.05) is 42.6 Å². The van der Waals surface area contributed by atoms with Crippen LogP contribution in [-0.2, 0) is 0 Å². The standard InChI is InChI=1S/C20H17ClN2O2S/c1-2-14(22)10-3-5-11(6-4-10)16-15(24)9-13(21)18-17(16)12-7-8-26-19(12)20(25)23-18/h3-9,14,24H,2,22H2,1H3,(H,23,25)/t14-/m1/s1. The van der Waals surface area contributed by atoms with Crippen molar-refractivity contribution in [3.05, 3.63) is 62.7 Å². The summed E-state index contributed by atoms with van der Waals surface area (Å²) in [7, 11) is 0. The largest absolute Gasteiger partial charge is 0.507 e. The summed E-state index contributed by atoms with van der Waals surface area (Å²) in [5.41, 5.74) is 8.99. The molecule has 0 aliphatic rings. The van der Waals surface area contributed by atoms with Crippen LogP contribution in [0.1, 0.15) is 24.9 Å². The first-order valence-electron chi connectivity index (χ1n) is 8.31. The molecule has 0 unspecified atom stereocenters. The minimum Gasteiger partial charge on any atom is -0.507 e. The fraction of sp³-hybridized carbons (Fsp3) is 0.150. The quantitative estimate of drug-likeness (QED) is 0.455. The number of aromatic hydroxyl groups is 1. The molecule has 0 saturated carbocycles. The Morgan fingerprint density at radius 3 is 2.69 bits per heavy atom. The predicted octanol–water partition coefficient (Wildman–Crippen LogP) is 5.18. The van der Waals surface area contributed by atoms with Crippen LogP contribution in [0.2, 0.25) is 5.02 Å². The first kappa shape index (κ1) is 17.1. The van der Waals surface area contributed by atoms with E-state index < -0.39 is 0 Å². The molecule has 1 atom stereocenters. The van der Waals surface area contributed by atoms with E-state index in [1.54, 1.807) is 0 Å². The van der Waals surface area contributed by atoms with Gasteiger partial charge in [0.1, 0.15) is 10.4 Å². The van der Waals surface area contributed by atoms with Crippen LogP contribution in [0, 0.1) is 0 Å². The SMILES string of the molecule is CC[C@@H](N)c1ccc(-c2c(O)cc(Cl)c3[nH]c(=O)c4sccc4c23)cc1. The average Bonchev–Trinajstić information content (AvgIpc) is 3.13. The van der Waals surface area contributed by atoms with Crippen molar-refractivity contribution in [3.8, 4) is 16.9 Å². The number of nitrogens with one attached hydrogen (secondary N) is 1. The van der Waals surface area contributed by atoms with Crippen molar-refractivity contribution in [2.45, 2.75) is 19.4 Å². The molecule has 132 valence electrons. The highest BCUT2D eigenvalue weighted by Crippen LogP contribution is 2.42. The third-order valence-corrected chi connectivity index (χ3v) is 5.92. The van der Waals surface area contributed by atoms with E-state index in [2.05, 4.69) is 4.98 Å². The van der Waals surface area contributed by atoms with Crippen molar-refractivity contribution in [1.82, 2.24) is 4.98 Å². The third kappa shape index (κ3) is 2.60. The van der Waals surface area contributed by atoms with Crippen molar-refractivity contribution in [1.29, 1.82) is 0 Å². The topological polar surface area (TPSA) is 79.1 Å². The molecule has 4 rings (SSSR count). The number of hydrogen-bond donors (Lipinski definition) is 3. The van der Waals surface area contributed by atoms with Crippen molar-refractivity contribution in [3.63, 3.8) is 0 Å². The van der Waals surface area contributed by atoms with Gasteiger partial charge in [-0.1, -0.05) is 42.8 Å². The smallest absolute Gasteiger partial charge is 0.266 e. The molecule has 4 N–H and O–H groups in total. The number of pyridine rings is 1. The van der Waals surface area contributed by atoms with E-state index in [0.29, 0.717) is 20.8 Å². The Labute approximate surface area is 158 Å². The van der Waals surface area contributed by atoms with Gasteiger partial charge in [-0.25, -0.2) is 0 Å². The summed E-state index contributed by atoms with van der Waals surface area (Å²) in [5.74, 6) is 0.0783. The van der Waals surface area contributed by atoms with Gasteiger partial charge in [-0.3, -0.25) is 4.79 Å². The zero-order valence-corrected chi connectivity index (χ0v) is 15.6. The summed E-state index contributed by atoms with van der Waals surface area (Å²) in [6, 6.07) is 11.2. The fourth-order valence-corrected chi connectivity index (χ4v) is 4.35. The van der Waals surface area contributed by atoms with E-state index >= 15 is 0 Å². The molecule has 0 radical (unpaired) electrons. The van der Waals surface area contributed by atoms with Crippen LogP contribution in [-0.4, -0.2) is 10.1 Å². The van der Waals surface area contributed by atoms with Gasteiger partial charge in [0.15, 0.2) is 0 Å². The second-order valence-corrected chi connectivity index (χ2v) is 7.58. The van der Waals surface area contributed by atoms with Crippen LogP contribution in [0.5, 0.6) is 5.75 Å². The summed E-state index contributed by atoms with van der Waals surface area (Å²) in [6.45, 7) is 2.04. The highest BCUT2D eigenvalue weighted by Gasteiger charge is 2.18. The number of halogens is 1. The van der Waals surface area contributed by atoms with Crippen LogP contribution in [0.25, 0.3) is 32.1 Å². The Balaban J connectivity index is 2.06. The lowest BCUT2D eigenvalue weighted by Crippen LogP contribution is -2.08. The molecule has 0 saturated heterocycles. The minimum absolute atomic E-state index is 0.0143. The van der Waals surface area contributed by atoms with Gasteiger partial charge in [-0.05, 0) is 29.0 Å². The van der Waals surface area contributed by atoms with Gasteiger partial charge >= 0.3 is 0 Å². The maximum Gasteiger partial charge on any atom is 0.266 e. The predicted molar refractivity (Wildman–Crippen MR) is 109 cm³/mol. The minimum atomic E-state index is -0.176. The highest BCUT2D eigenvalue weighted by atomic mass is 35.5. The van der Waals surface area contributed by atoms with Crippen LogP contribution >= 0.6 is 22.9 Å².